The smallest absolute Gasteiger partial charge is 0.253 e. The largest absolute Gasteiger partial charge is 0.362 e. The maximum absolute atomic E-state index is 12.0. The number of benzene rings is 2. The van der Waals surface area contributed by atoms with Crippen molar-refractivity contribution >= 4 is 81.0 Å². The molecule has 276 valence electrons. The van der Waals surface area contributed by atoms with E-state index in [2.05, 4.69) is 49.7 Å². The van der Waals surface area contributed by atoms with Crippen LogP contribution in [0.25, 0.3) is 46.1 Å². The standard InChI is InChI=1S/C20H21ClN6.C20H22N6O/c1-26(2)20-14-7-3-4-8-15(14)22-17(25-20)9-10-18-23-16(21)13-19(24-18)27-11-5-6-12-27;1-25(2)20-14-7-3-4-8-15(14)21-16(24-20)9-10-17-22-18(13-19(27)23-17)26-11-5-6-12-26/h3-4,7-10,13H,5-6,11-12H2,1-2H3;3-4,7-10,13H,5-6,11-12H2,1-2H3,(H,22,23,27)/b2*10-9+. The van der Waals surface area contributed by atoms with Gasteiger partial charge in [-0.25, -0.2) is 34.9 Å². The average molecular weight is 743 g/mol. The lowest BCUT2D eigenvalue weighted by Crippen LogP contribution is -2.22. The van der Waals surface area contributed by atoms with Crippen molar-refractivity contribution in [2.24, 2.45) is 0 Å². The quantitative estimate of drug-likeness (QED) is 0.172. The van der Waals surface area contributed by atoms with Crippen LogP contribution in [0.5, 0.6) is 0 Å². The molecule has 8 rings (SSSR count). The Bertz CT molecular complexity index is 2380. The molecule has 2 aliphatic rings. The molecule has 2 aliphatic heterocycles. The number of hydrogen-bond acceptors (Lipinski definition) is 12. The van der Waals surface area contributed by atoms with Crippen LogP contribution in [0.2, 0.25) is 5.15 Å². The molecule has 0 saturated carbocycles. The number of nitrogens with one attached hydrogen (secondary N) is 1. The molecule has 2 fully saturated rings. The van der Waals surface area contributed by atoms with Gasteiger partial charge in [0.15, 0.2) is 17.5 Å². The van der Waals surface area contributed by atoms with Crippen molar-refractivity contribution in [2.45, 2.75) is 25.7 Å². The Hall–Kier alpha value is -5.95. The number of para-hydroxylation sites is 2. The molecule has 0 unspecified atom stereocenters. The van der Waals surface area contributed by atoms with Gasteiger partial charge in [0.05, 0.1) is 11.0 Å². The zero-order valence-electron chi connectivity index (χ0n) is 30.9. The van der Waals surface area contributed by atoms with Gasteiger partial charge in [-0.3, -0.25) is 4.79 Å². The topological polar surface area (TPSA) is 136 Å². The van der Waals surface area contributed by atoms with Crippen LogP contribution in [0, 0.1) is 0 Å². The number of fused-ring (bicyclic) bond motifs is 2. The summed E-state index contributed by atoms with van der Waals surface area (Å²) in [6.45, 7) is 3.91. The molecule has 0 bridgehead atoms. The third-order valence-corrected chi connectivity index (χ3v) is 9.32. The Labute approximate surface area is 319 Å². The molecule has 0 atom stereocenters. The van der Waals surface area contributed by atoms with Crippen LogP contribution in [0.15, 0.2) is 65.5 Å². The molecule has 6 aromatic rings. The number of hydrogen-bond donors (Lipinski definition) is 1. The monoisotopic (exact) mass is 742 g/mol. The van der Waals surface area contributed by atoms with Gasteiger partial charge < -0.3 is 24.6 Å². The third-order valence-electron chi connectivity index (χ3n) is 9.13. The first-order chi connectivity index (χ1) is 26.2. The fourth-order valence-electron chi connectivity index (χ4n) is 6.54. The first-order valence-corrected chi connectivity index (χ1v) is 18.5. The number of nitrogens with zero attached hydrogens (tertiary/aromatic N) is 11. The molecular weight excluding hydrogens is 700 g/mol. The van der Waals surface area contributed by atoms with Crippen LogP contribution in [-0.2, 0) is 0 Å². The number of anilines is 4. The summed E-state index contributed by atoms with van der Waals surface area (Å²) in [7, 11) is 7.87. The van der Waals surface area contributed by atoms with Crippen molar-refractivity contribution in [2.75, 3.05) is 74.0 Å². The lowest BCUT2D eigenvalue weighted by atomic mass is 10.2. The lowest BCUT2D eigenvalue weighted by molar-refractivity contribution is 0.916. The van der Waals surface area contributed by atoms with Crippen LogP contribution in [0.1, 0.15) is 49.0 Å². The van der Waals surface area contributed by atoms with E-state index in [1.807, 2.05) is 105 Å². The SMILES string of the molecule is CN(C)c1nc(/C=C/c2nc(Cl)cc(N3CCCC3)n2)nc2ccccc12.CN(C)c1nc(/C=C/c2nc(N3CCCC3)cc(=O)[nH]2)nc2ccccc12. The fraction of sp³-hybridized carbons (Fsp3) is 0.300. The van der Waals surface area contributed by atoms with Gasteiger partial charge in [0.25, 0.3) is 5.56 Å². The summed E-state index contributed by atoms with van der Waals surface area (Å²) in [4.78, 5) is 55.2. The lowest BCUT2D eigenvalue weighted by Gasteiger charge is -2.16. The Morgan fingerprint density at radius 2 is 1.06 bits per heavy atom. The van der Waals surface area contributed by atoms with Gasteiger partial charge >= 0.3 is 0 Å². The molecular formula is C40H43ClN12O. The maximum Gasteiger partial charge on any atom is 0.253 e. The van der Waals surface area contributed by atoms with Gasteiger partial charge in [-0.05, 0) is 74.3 Å². The van der Waals surface area contributed by atoms with Crippen molar-refractivity contribution < 1.29 is 0 Å². The van der Waals surface area contributed by atoms with E-state index in [0.717, 1.165) is 84.1 Å². The molecule has 2 saturated heterocycles. The summed E-state index contributed by atoms with van der Waals surface area (Å²) in [6.07, 6.45) is 11.8. The molecule has 6 heterocycles. The summed E-state index contributed by atoms with van der Waals surface area (Å²) >= 11 is 6.21. The van der Waals surface area contributed by atoms with E-state index < -0.39 is 0 Å². The summed E-state index contributed by atoms with van der Waals surface area (Å²) < 4.78 is 0. The van der Waals surface area contributed by atoms with Crippen LogP contribution in [0.3, 0.4) is 0 Å². The van der Waals surface area contributed by atoms with Gasteiger partial charge in [-0.15, -0.1) is 0 Å². The highest BCUT2D eigenvalue weighted by atomic mass is 35.5. The minimum Gasteiger partial charge on any atom is -0.362 e. The van der Waals surface area contributed by atoms with E-state index in [4.69, 9.17) is 11.6 Å². The van der Waals surface area contributed by atoms with Crippen molar-refractivity contribution in [1.82, 2.24) is 39.9 Å². The van der Waals surface area contributed by atoms with E-state index in [-0.39, 0.29) is 5.56 Å². The van der Waals surface area contributed by atoms with E-state index in [1.165, 1.54) is 12.8 Å². The number of aromatic nitrogens is 8. The zero-order chi connectivity index (χ0) is 37.6. The number of halogens is 1. The van der Waals surface area contributed by atoms with Crippen LogP contribution in [-0.4, -0.2) is 94.2 Å². The predicted molar refractivity (Wildman–Crippen MR) is 220 cm³/mol. The van der Waals surface area contributed by atoms with Crippen molar-refractivity contribution in [1.29, 1.82) is 0 Å². The van der Waals surface area contributed by atoms with Gasteiger partial charge in [-0.2, -0.15) is 0 Å². The molecule has 0 amide bonds. The Morgan fingerprint density at radius 1 is 0.593 bits per heavy atom. The van der Waals surface area contributed by atoms with Crippen molar-refractivity contribution in [3.63, 3.8) is 0 Å². The second-order valence-corrected chi connectivity index (χ2v) is 14.0. The highest BCUT2D eigenvalue weighted by Crippen LogP contribution is 2.25. The van der Waals surface area contributed by atoms with E-state index in [0.29, 0.717) is 28.5 Å². The maximum atomic E-state index is 12.0. The van der Waals surface area contributed by atoms with Gasteiger partial charge in [0, 0.05) is 77.3 Å². The molecule has 0 aliphatic carbocycles. The van der Waals surface area contributed by atoms with E-state index in [9.17, 15) is 4.79 Å². The number of rotatable bonds is 8. The summed E-state index contributed by atoms with van der Waals surface area (Å²) in [6, 6.07) is 19.3. The Morgan fingerprint density at radius 3 is 1.57 bits per heavy atom. The van der Waals surface area contributed by atoms with Gasteiger partial charge in [0.2, 0.25) is 0 Å². The molecule has 13 nitrogen and oxygen atoms in total. The van der Waals surface area contributed by atoms with Crippen molar-refractivity contribution in [3.05, 3.63) is 99.5 Å². The summed E-state index contributed by atoms with van der Waals surface area (Å²) in [5.74, 6) is 5.60. The third kappa shape index (κ3) is 8.63. The number of H-pyrrole nitrogens is 1. The number of aromatic amines is 1. The minimum absolute atomic E-state index is 0.153. The average Bonchev–Trinajstić information content (AvgIpc) is 3.92. The van der Waals surface area contributed by atoms with Gasteiger partial charge in [0.1, 0.15) is 34.2 Å². The van der Waals surface area contributed by atoms with Crippen LogP contribution < -0.4 is 25.2 Å². The molecule has 0 spiro atoms. The molecule has 0 radical (unpaired) electrons. The van der Waals surface area contributed by atoms with E-state index >= 15 is 0 Å². The van der Waals surface area contributed by atoms with E-state index in [1.54, 1.807) is 18.2 Å². The van der Waals surface area contributed by atoms with Gasteiger partial charge in [-0.1, -0.05) is 35.9 Å². The fourth-order valence-corrected chi connectivity index (χ4v) is 6.73. The zero-order valence-corrected chi connectivity index (χ0v) is 31.7. The molecule has 54 heavy (non-hydrogen) atoms. The normalized spacial score (nSPS) is 14.4. The molecule has 2 aromatic carbocycles. The molecule has 14 heteroatoms. The Kier molecular flexibility index (Phi) is 11.0. The highest BCUT2D eigenvalue weighted by Gasteiger charge is 2.16. The first kappa shape index (κ1) is 36.4. The molecule has 1 N–H and O–H groups in total. The second kappa shape index (κ2) is 16.4. The summed E-state index contributed by atoms with van der Waals surface area (Å²) in [5, 5.41) is 2.47. The predicted octanol–water partition coefficient (Wildman–Crippen LogP) is 6.46. The Balaban J connectivity index is 0.000000167. The van der Waals surface area contributed by atoms with Crippen molar-refractivity contribution in [3.8, 4) is 0 Å². The summed E-state index contributed by atoms with van der Waals surface area (Å²) in [5.41, 5.74) is 1.63. The van der Waals surface area contributed by atoms with Crippen LogP contribution in [0.4, 0.5) is 23.3 Å². The second-order valence-electron chi connectivity index (χ2n) is 13.6. The van der Waals surface area contributed by atoms with Crippen LogP contribution >= 0.6 is 11.6 Å². The molecule has 4 aromatic heterocycles. The first-order valence-electron chi connectivity index (χ1n) is 18.1. The highest BCUT2D eigenvalue weighted by molar-refractivity contribution is 6.29. The minimum atomic E-state index is -0.153.